The van der Waals surface area contributed by atoms with Crippen molar-refractivity contribution in [3.8, 4) is 11.5 Å². The fourth-order valence-corrected chi connectivity index (χ4v) is 3.00. The van der Waals surface area contributed by atoms with Crippen molar-refractivity contribution in [2.45, 2.75) is 58.3 Å². The minimum absolute atomic E-state index is 0.0833. The van der Waals surface area contributed by atoms with Crippen molar-refractivity contribution in [1.82, 2.24) is 0 Å². The highest BCUT2D eigenvalue weighted by Crippen LogP contribution is 2.37. The zero-order valence-electron chi connectivity index (χ0n) is 14.7. The predicted octanol–water partition coefficient (Wildman–Crippen LogP) is 6.48. The standard InChI is InChI=1S/C19H30Br2O2/c1-4-19(2,3)17-15-16(22-13-7-5-11-20)9-10-18(17)23-14-8-6-12-21/h9-10,15H,4-8,11-14H2,1-3H3. The fraction of sp³-hybridized carbons (Fsp3) is 0.684. The number of hydrogen-bond donors (Lipinski definition) is 0. The number of rotatable bonds is 12. The molecular formula is C19H30Br2O2. The molecule has 0 spiro atoms. The third-order valence-electron chi connectivity index (χ3n) is 4.15. The Balaban J connectivity index is 2.80. The van der Waals surface area contributed by atoms with Crippen LogP contribution in [0.4, 0.5) is 0 Å². The summed E-state index contributed by atoms with van der Waals surface area (Å²) in [5, 5.41) is 2.07. The molecule has 0 aliphatic carbocycles. The SMILES string of the molecule is CCC(C)(C)c1cc(OCCCCBr)ccc1OCCCCBr. The van der Waals surface area contributed by atoms with Gasteiger partial charge in [0.2, 0.25) is 0 Å². The summed E-state index contributed by atoms with van der Waals surface area (Å²) in [6.07, 6.45) is 5.49. The maximum Gasteiger partial charge on any atom is 0.123 e. The molecule has 132 valence electrons. The highest BCUT2D eigenvalue weighted by molar-refractivity contribution is 9.09. The Morgan fingerprint density at radius 3 is 2.09 bits per heavy atom. The van der Waals surface area contributed by atoms with Crippen LogP contribution in [0.25, 0.3) is 0 Å². The van der Waals surface area contributed by atoms with Crippen LogP contribution in [-0.4, -0.2) is 23.9 Å². The molecule has 0 saturated carbocycles. The lowest BCUT2D eigenvalue weighted by atomic mass is 9.81. The van der Waals surface area contributed by atoms with Gasteiger partial charge in [-0.25, -0.2) is 0 Å². The summed E-state index contributed by atoms with van der Waals surface area (Å²) >= 11 is 6.92. The first-order chi connectivity index (χ1) is 11.0. The lowest BCUT2D eigenvalue weighted by molar-refractivity contribution is 0.292. The largest absolute Gasteiger partial charge is 0.494 e. The van der Waals surface area contributed by atoms with E-state index in [9.17, 15) is 0 Å². The van der Waals surface area contributed by atoms with Crippen LogP contribution in [0.3, 0.4) is 0 Å². The van der Waals surface area contributed by atoms with E-state index in [4.69, 9.17) is 9.47 Å². The molecule has 0 fully saturated rings. The number of benzene rings is 1. The summed E-state index contributed by atoms with van der Waals surface area (Å²) in [7, 11) is 0. The van der Waals surface area contributed by atoms with Gasteiger partial charge in [0.1, 0.15) is 11.5 Å². The molecule has 1 aromatic carbocycles. The van der Waals surface area contributed by atoms with E-state index in [2.05, 4.69) is 64.8 Å². The molecule has 1 rings (SSSR count). The van der Waals surface area contributed by atoms with E-state index in [1.165, 1.54) is 5.56 Å². The Bertz CT molecular complexity index is 447. The minimum Gasteiger partial charge on any atom is -0.494 e. The molecule has 0 radical (unpaired) electrons. The third-order valence-corrected chi connectivity index (χ3v) is 5.27. The normalized spacial score (nSPS) is 11.5. The van der Waals surface area contributed by atoms with Crippen LogP contribution in [-0.2, 0) is 5.41 Å². The summed E-state index contributed by atoms with van der Waals surface area (Å²) in [5.41, 5.74) is 1.33. The summed E-state index contributed by atoms with van der Waals surface area (Å²) in [4.78, 5) is 0. The average Bonchev–Trinajstić information content (AvgIpc) is 2.56. The van der Waals surface area contributed by atoms with Crippen LogP contribution < -0.4 is 9.47 Å². The van der Waals surface area contributed by atoms with Crippen molar-refractivity contribution in [3.05, 3.63) is 23.8 Å². The van der Waals surface area contributed by atoms with E-state index >= 15 is 0 Å². The molecule has 0 bridgehead atoms. The molecule has 0 N–H and O–H groups in total. The molecule has 0 unspecified atom stereocenters. The number of alkyl halides is 2. The molecule has 2 nitrogen and oxygen atoms in total. The second-order valence-electron chi connectivity index (χ2n) is 6.38. The zero-order valence-corrected chi connectivity index (χ0v) is 17.8. The van der Waals surface area contributed by atoms with Gasteiger partial charge >= 0.3 is 0 Å². The highest BCUT2D eigenvalue weighted by atomic mass is 79.9. The fourth-order valence-electron chi connectivity index (χ4n) is 2.21. The average molecular weight is 450 g/mol. The Morgan fingerprint density at radius 2 is 1.52 bits per heavy atom. The molecule has 1 aromatic rings. The van der Waals surface area contributed by atoms with E-state index in [1.807, 2.05) is 6.07 Å². The van der Waals surface area contributed by atoms with Gasteiger partial charge in [0.15, 0.2) is 0 Å². The first-order valence-electron chi connectivity index (χ1n) is 8.57. The van der Waals surface area contributed by atoms with Gasteiger partial charge in [-0.15, -0.1) is 0 Å². The first kappa shape index (κ1) is 20.8. The molecule has 0 amide bonds. The van der Waals surface area contributed by atoms with Crippen LogP contribution in [0.2, 0.25) is 0 Å². The van der Waals surface area contributed by atoms with Gasteiger partial charge < -0.3 is 9.47 Å². The monoisotopic (exact) mass is 448 g/mol. The number of ether oxygens (including phenoxy) is 2. The predicted molar refractivity (Wildman–Crippen MR) is 107 cm³/mol. The highest BCUT2D eigenvalue weighted by Gasteiger charge is 2.23. The molecular weight excluding hydrogens is 420 g/mol. The summed E-state index contributed by atoms with van der Waals surface area (Å²) in [5.74, 6) is 1.95. The van der Waals surface area contributed by atoms with Gasteiger partial charge in [-0.1, -0.05) is 52.6 Å². The molecule has 0 atom stereocenters. The van der Waals surface area contributed by atoms with Gasteiger partial charge in [0, 0.05) is 16.2 Å². The molecule has 23 heavy (non-hydrogen) atoms. The van der Waals surface area contributed by atoms with Crippen molar-refractivity contribution in [3.63, 3.8) is 0 Å². The topological polar surface area (TPSA) is 18.5 Å². The number of halogens is 2. The quantitative estimate of drug-likeness (QED) is 0.268. The Hall–Kier alpha value is -0.220. The van der Waals surface area contributed by atoms with E-state index in [0.717, 1.165) is 67.5 Å². The van der Waals surface area contributed by atoms with Crippen LogP contribution in [0.1, 0.15) is 58.4 Å². The van der Waals surface area contributed by atoms with Gasteiger partial charge in [-0.3, -0.25) is 0 Å². The second kappa shape index (κ2) is 11.4. The summed E-state index contributed by atoms with van der Waals surface area (Å²) in [6, 6.07) is 6.27. The summed E-state index contributed by atoms with van der Waals surface area (Å²) < 4.78 is 11.9. The lowest BCUT2D eigenvalue weighted by Gasteiger charge is -2.27. The van der Waals surface area contributed by atoms with Crippen molar-refractivity contribution in [2.75, 3.05) is 23.9 Å². The van der Waals surface area contributed by atoms with E-state index < -0.39 is 0 Å². The van der Waals surface area contributed by atoms with Gasteiger partial charge in [-0.05, 0) is 55.7 Å². The molecule has 0 heterocycles. The number of hydrogen-bond acceptors (Lipinski definition) is 2. The van der Waals surface area contributed by atoms with Crippen LogP contribution in [0.5, 0.6) is 11.5 Å². The van der Waals surface area contributed by atoms with Crippen LogP contribution in [0.15, 0.2) is 18.2 Å². The van der Waals surface area contributed by atoms with Gasteiger partial charge in [-0.2, -0.15) is 0 Å². The van der Waals surface area contributed by atoms with Gasteiger partial charge in [0.05, 0.1) is 13.2 Å². The third kappa shape index (κ3) is 7.47. The first-order valence-corrected chi connectivity index (χ1v) is 10.8. The van der Waals surface area contributed by atoms with E-state index in [0.29, 0.717) is 0 Å². The minimum atomic E-state index is 0.0833. The molecule has 4 heteroatoms. The van der Waals surface area contributed by atoms with E-state index in [-0.39, 0.29) is 5.41 Å². The maximum absolute atomic E-state index is 6.04. The zero-order chi connectivity index (χ0) is 17.1. The molecule has 0 saturated heterocycles. The molecule has 0 aliphatic rings. The van der Waals surface area contributed by atoms with Crippen molar-refractivity contribution in [1.29, 1.82) is 0 Å². The summed E-state index contributed by atoms with van der Waals surface area (Å²) in [6.45, 7) is 8.29. The number of unbranched alkanes of at least 4 members (excludes halogenated alkanes) is 2. The smallest absolute Gasteiger partial charge is 0.123 e. The Morgan fingerprint density at radius 1 is 0.913 bits per heavy atom. The van der Waals surface area contributed by atoms with Crippen LogP contribution >= 0.6 is 31.9 Å². The van der Waals surface area contributed by atoms with Crippen molar-refractivity contribution in [2.24, 2.45) is 0 Å². The Labute approximate surface area is 158 Å². The molecule has 0 aliphatic heterocycles. The Kier molecular flexibility index (Phi) is 10.3. The maximum atomic E-state index is 6.04. The second-order valence-corrected chi connectivity index (χ2v) is 7.97. The van der Waals surface area contributed by atoms with E-state index in [1.54, 1.807) is 0 Å². The van der Waals surface area contributed by atoms with Crippen molar-refractivity contribution >= 4 is 31.9 Å². The lowest BCUT2D eigenvalue weighted by Crippen LogP contribution is -2.17. The van der Waals surface area contributed by atoms with Crippen molar-refractivity contribution < 1.29 is 9.47 Å². The van der Waals surface area contributed by atoms with Crippen LogP contribution in [0, 0.1) is 0 Å². The van der Waals surface area contributed by atoms with Gasteiger partial charge in [0.25, 0.3) is 0 Å². The molecule has 0 aromatic heterocycles.